The highest BCUT2D eigenvalue weighted by molar-refractivity contribution is 8.00. The van der Waals surface area contributed by atoms with Gasteiger partial charge in [0.15, 0.2) is 0 Å². The average molecular weight is 652 g/mol. The zero-order valence-corrected chi connectivity index (χ0v) is 27.9. The van der Waals surface area contributed by atoms with E-state index in [2.05, 4.69) is 0 Å². The van der Waals surface area contributed by atoms with Crippen LogP contribution in [0.2, 0.25) is 0 Å². The highest BCUT2D eigenvalue weighted by Gasteiger charge is 2.17. The molecule has 0 aliphatic heterocycles. The van der Waals surface area contributed by atoms with E-state index in [1.54, 1.807) is 0 Å². The van der Waals surface area contributed by atoms with Crippen molar-refractivity contribution in [2.45, 2.75) is 61.2 Å². The fourth-order valence-electron chi connectivity index (χ4n) is 3.27. The Morgan fingerprint density at radius 2 is 0.762 bits per heavy atom. The van der Waals surface area contributed by atoms with Gasteiger partial charge in [0.05, 0.1) is 36.9 Å². The van der Waals surface area contributed by atoms with Gasteiger partial charge in [0.2, 0.25) is 0 Å². The Balaban J connectivity index is 2.99. The van der Waals surface area contributed by atoms with Crippen LogP contribution in [0.5, 0.6) is 0 Å². The van der Waals surface area contributed by atoms with E-state index in [-0.39, 0.29) is 56.7 Å². The highest BCUT2D eigenvalue weighted by atomic mass is 32.2. The van der Waals surface area contributed by atoms with E-state index in [1.807, 2.05) is 41.5 Å². The van der Waals surface area contributed by atoms with Crippen molar-refractivity contribution in [3.05, 3.63) is 31.5 Å². The van der Waals surface area contributed by atoms with Crippen molar-refractivity contribution in [1.29, 1.82) is 0 Å². The monoisotopic (exact) mass is 651 g/mol. The van der Waals surface area contributed by atoms with Gasteiger partial charge < -0.3 is 14.2 Å². The summed E-state index contributed by atoms with van der Waals surface area (Å²) < 4.78 is 17.9. The summed E-state index contributed by atoms with van der Waals surface area (Å²) in [5.74, 6) is 2.57. The molecular weight excluding hydrogens is 607 g/mol. The van der Waals surface area contributed by atoms with E-state index in [9.17, 15) is 28.8 Å². The van der Waals surface area contributed by atoms with Crippen molar-refractivity contribution in [3.8, 4) is 0 Å². The molecule has 0 N–H and O–H groups in total. The van der Waals surface area contributed by atoms with Crippen LogP contribution in [0.3, 0.4) is 0 Å². The summed E-state index contributed by atoms with van der Waals surface area (Å²) in [5.41, 5.74) is -2.75. The number of carbonyl (C=O) groups is 3. The first-order valence-corrected chi connectivity index (χ1v) is 17.4. The molecule has 0 saturated heterocycles. The third-order valence-electron chi connectivity index (χ3n) is 5.13. The molecule has 0 aliphatic rings. The molecule has 0 bridgehead atoms. The first-order valence-electron chi connectivity index (χ1n) is 14.0. The van der Waals surface area contributed by atoms with Crippen LogP contribution >= 0.6 is 35.3 Å². The lowest BCUT2D eigenvalue weighted by Crippen LogP contribution is -2.55. The van der Waals surface area contributed by atoms with E-state index < -0.39 is 35.0 Å². The minimum Gasteiger partial charge on any atom is -0.463 e. The molecule has 0 fully saturated rings. The zero-order valence-electron chi connectivity index (χ0n) is 25.5. The van der Waals surface area contributed by atoms with Crippen LogP contribution in [0.1, 0.15) is 41.5 Å². The number of carbonyl (C=O) groups excluding carboxylic acids is 3. The van der Waals surface area contributed by atoms with E-state index in [0.29, 0.717) is 17.8 Å². The van der Waals surface area contributed by atoms with E-state index in [1.165, 1.54) is 35.3 Å². The summed E-state index contributed by atoms with van der Waals surface area (Å²) in [6, 6.07) is 0. The van der Waals surface area contributed by atoms with Gasteiger partial charge in [0.1, 0.15) is 19.8 Å². The molecule has 1 aromatic heterocycles. The fourth-order valence-corrected chi connectivity index (χ4v) is 5.79. The second kappa shape index (κ2) is 20.7. The van der Waals surface area contributed by atoms with Gasteiger partial charge in [0, 0.05) is 0 Å². The van der Waals surface area contributed by atoms with E-state index in [4.69, 9.17) is 14.2 Å². The Morgan fingerprint density at radius 1 is 0.524 bits per heavy atom. The molecule has 1 rings (SSSR count). The first-order chi connectivity index (χ1) is 19.8. The molecule has 42 heavy (non-hydrogen) atoms. The van der Waals surface area contributed by atoms with Crippen LogP contribution in [0, 0.1) is 17.8 Å². The van der Waals surface area contributed by atoms with Gasteiger partial charge in [-0.1, -0.05) is 41.5 Å². The standard InChI is InChI=1S/C27H45N3O9S3/c1-19(2)13-40-16-22(31)37-10-7-28-25(34)29(8-11-38-23(32)17-41-14-20(3)4)27(36)30(26(28)35)9-12-39-24(33)18-42-15-21(5)6/h19-21H,7-18H2,1-6H3. The maximum absolute atomic E-state index is 13.1. The van der Waals surface area contributed by atoms with Gasteiger partial charge in [-0.2, -0.15) is 0 Å². The summed E-state index contributed by atoms with van der Waals surface area (Å²) in [6.45, 7) is 10.6. The number of rotatable bonds is 21. The van der Waals surface area contributed by atoms with Crippen molar-refractivity contribution in [3.63, 3.8) is 0 Å². The van der Waals surface area contributed by atoms with Crippen LogP contribution in [-0.4, -0.2) is 85.9 Å². The molecule has 0 saturated carbocycles. The largest absolute Gasteiger partial charge is 0.463 e. The molecule has 0 atom stereocenters. The lowest BCUT2D eigenvalue weighted by atomic mass is 10.3. The van der Waals surface area contributed by atoms with Crippen molar-refractivity contribution < 1.29 is 28.6 Å². The van der Waals surface area contributed by atoms with Crippen LogP contribution in [0.15, 0.2) is 14.4 Å². The molecule has 1 heterocycles. The van der Waals surface area contributed by atoms with Crippen LogP contribution in [0.4, 0.5) is 0 Å². The van der Waals surface area contributed by atoms with E-state index in [0.717, 1.165) is 31.0 Å². The minimum atomic E-state index is -0.918. The molecule has 0 spiro atoms. The van der Waals surface area contributed by atoms with Crippen LogP contribution in [-0.2, 0) is 48.2 Å². The van der Waals surface area contributed by atoms with Gasteiger partial charge >= 0.3 is 35.0 Å². The van der Waals surface area contributed by atoms with Crippen molar-refractivity contribution in [1.82, 2.24) is 13.7 Å². The molecule has 12 nitrogen and oxygen atoms in total. The predicted octanol–water partition coefficient (Wildman–Crippen LogP) is 1.97. The van der Waals surface area contributed by atoms with Gasteiger partial charge in [-0.15, -0.1) is 35.3 Å². The SMILES string of the molecule is CC(C)CSCC(=O)OCCn1c(=O)n(CCOC(=O)CSCC(C)C)c(=O)n(CCOC(=O)CSCC(C)C)c1=O. The Bertz CT molecular complexity index is 1000. The van der Waals surface area contributed by atoms with Crippen LogP contribution in [0.25, 0.3) is 0 Å². The number of ether oxygens (including phenoxy) is 3. The molecule has 240 valence electrons. The number of hydrogen-bond acceptors (Lipinski definition) is 12. The third-order valence-corrected chi connectivity index (χ3v) is 9.16. The molecule has 0 aromatic carbocycles. The van der Waals surface area contributed by atoms with Gasteiger partial charge in [0.25, 0.3) is 0 Å². The molecule has 1 aromatic rings. The number of aromatic nitrogens is 3. The summed E-state index contributed by atoms with van der Waals surface area (Å²) in [7, 11) is 0. The van der Waals surface area contributed by atoms with Gasteiger partial charge in [-0.3, -0.25) is 14.4 Å². The first kappa shape index (κ1) is 37.9. The highest BCUT2D eigenvalue weighted by Crippen LogP contribution is 2.09. The summed E-state index contributed by atoms with van der Waals surface area (Å²) >= 11 is 4.27. The van der Waals surface area contributed by atoms with Crippen molar-refractivity contribution in [2.24, 2.45) is 17.8 Å². The molecule has 0 aliphatic carbocycles. The third kappa shape index (κ3) is 15.4. The Morgan fingerprint density at radius 3 is 0.976 bits per heavy atom. The summed E-state index contributed by atoms with van der Waals surface area (Å²) in [5, 5.41) is 0. The van der Waals surface area contributed by atoms with Crippen molar-refractivity contribution in [2.75, 3.05) is 54.3 Å². The molecule has 0 radical (unpaired) electrons. The van der Waals surface area contributed by atoms with Crippen molar-refractivity contribution >= 4 is 53.2 Å². The normalized spacial score (nSPS) is 11.4. The minimum absolute atomic E-state index is 0.137. The molecular formula is C27H45N3O9S3. The predicted molar refractivity (Wildman–Crippen MR) is 169 cm³/mol. The number of esters is 3. The summed E-state index contributed by atoms with van der Waals surface area (Å²) in [6.07, 6.45) is 0. The average Bonchev–Trinajstić information content (AvgIpc) is 2.89. The fraction of sp³-hybridized carbons (Fsp3) is 0.778. The Hall–Kier alpha value is -2.13. The van der Waals surface area contributed by atoms with Gasteiger partial charge in [-0.05, 0) is 35.0 Å². The molecule has 0 unspecified atom stereocenters. The summed E-state index contributed by atoms with van der Waals surface area (Å²) in [4.78, 5) is 75.4. The Kier molecular flexibility index (Phi) is 18.7. The molecule has 0 amide bonds. The topological polar surface area (TPSA) is 145 Å². The van der Waals surface area contributed by atoms with Gasteiger partial charge in [-0.25, -0.2) is 28.1 Å². The smallest absolute Gasteiger partial charge is 0.336 e. The maximum atomic E-state index is 13.1. The quantitative estimate of drug-likeness (QED) is 0.142. The molecule has 15 heteroatoms. The van der Waals surface area contributed by atoms with Crippen LogP contribution < -0.4 is 17.1 Å². The lowest BCUT2D eigenvalue weighted by molar-refractivity contribution is -0.141. The lowest BCUT2D eigenvalue weighted by Gasteiger charge is -2.14. The zero-order chi connectivity index (χ0) is 31.7. The second-order valence-corrected chi connectivity index (χ2v) is 13.8. The van der Waals surface area contributed by atoms with E-state index >= 15 is 0 Å². The maximum Gasteiger partial charge on any atom is 0.336 e. The number of nitrogens with zero attached hydrogens (tertiary/aromatic N) is 3. The second-order valence-electron chi connectivity index (χ2n) is 10.7. The Labute approximate surface area is 259 Å². The number of thioether (sulfide) groups is 3. The number of hydrogen-bond donors (Lipinski definition) is 0.